The summed E-state index contributed by atoms with van der Waals surface area (Å²) in [5.41, 5.74) is 4.11. The summed E-state index contributed by atoms with van der Waals surface area (Å²) in [6.07, 6.45) is 8.51. The van der Waals surface area contributed by atoms with Crippen LogP contribution in [0.2, 0.25) is 0 Å². The van der Waals surface area contributed by atoms with Gasteiger partial charge < -0.3 is 0 Å². The first-order valence-corrected chi connectivity index (χ1v) is 5.34. The predicted molar refractivity (Wildman–Crippen MR) is 55.9 cm³/mol. The van der Waals surface area contributed by atoms with E-state index >= 15 is 0 Å². The molecule has 0 aromatic carbocycles. The number of nitrogens with one attached hydrogen (secondary N) is 1. The Morgan fingerprint density at radius 1 is 1.36 bits per heavy atom. The zero-order chi connectivity index (χ0) is 9.97. The zero-order valence-corrected chi connectivity index (χ0v) is 8.55. The van der Waals surface area contributed by atoms with E-state index in [1.54, 1.807) is 0 Å². The van der Waals surface area contributed by atoms with Gasteiger partial charge in [-0.2, -0.15) is 5.10 Å². The van der Waals surface area contributed by atoms with Crippen LogP contribution in [0.1, 0.15) is 39.0 Å². The summed E-state index contributed by atoms with van der Waals surface area (Å²) in [6, 6.07) is 0. The standard InChI is InChI=1S/C11H16N2O/c1-8-10(11(14)13-12-8)7-9-5-3-2-4-6-9/h7,9H,2-6H2,1H3,(H,13,14)/b10-7-. The molecule has 3 nitrogen and oxygen atoms in total. The lowest BCUT2D eigenvalue weighted by Gasteiger charge is -2.18. The Kier molecular flexibility index (Phi) is 2.66. The molecule has 2 aliphatic rings. The molecule has 0 aromatic rings. The van der Waals surface area contributed by atoms with Gasteiger partial charge in [0.2, 0.25) is 0 Å². The molecule has 0 aromatic heterocycles. The smallest absolute Gasteiger partial charge is 0.267 e. The molecular weight excluding hydrogens is 176 g/mol. The first kappa shape index (κ1) is 9.44. The monoisotopic (exact) mass is 192 g/mol. The second kappa shape index (κ2) is 3.95. The van der Waals surface area contributed by atoms with E-state index in [9.17, 15) is 4.79 Å². The molecule has 0 atom stereocenters. The van der Waals surface area contributed by atoms with Gasteiger partial charge in [0.1, 0.15) is 0 Å². The zero-order valence-electron chi connectivity index (χ0n) is 8.55. The largest absolute Gasteiger partial charge is 0.272 e. The first-order valence-electron chi connectivity index (χ1n) is 5.34. The molecule has 1 aliphatic heterocycles. The van der Waals surface area contributed by atoms with Crippen LogP contribution in [0, 0.1) is 5.92 Å². The molecule has 1 fully saturated rings. The minimum absolute atomic E-state index is 0.0342. The number of carbonyl (C=O) groups is 1. The van der Waals surface area contributed by atoms with Crippen molar-refractivity contribution in [1.29, 1.82) is 0 Å². The third kappa shape index (κ3) is 1.86. The molecule has 0 unspecified atom stereocenters. The van der Waals surface area contributed by atoms with Gasteiger partial charge in [-0.15, -0.1) is 0 Å². The van der Waals surface area contributed by atoms with Crippen LogP contribution in [-0.4, -0.2) is 11.6 Å². The second-order valence-electron chi connectivity index (χ2n) is 4.12. The van der Waals surface area contributed by atoms with E-state index in [1.165, 1.54) is 32.1 Å². The molecule has 14 heavy (non-hydrogen) atoms. The Labute approximate surface area is 84.3 Å². The summed E-state index contributed by atoms with van der Waals surface area (Å²) in [7, 11) is 0. The van der Waals surface area contributed by atoms with Crippen molar-refractivity contribution in [1.82, 2.24) is 5.43 Å². The van der Waals surface area contributed by atoms with E-state index in [2.05, 4.69) is 16.6 Å². The average molecular weight is 192 g/mol. The molecule has 1 amide bonds. The summed E-state index contributed by atoms with van der Waals surface area (Å²) >= 11 is 0. The fourth-order valence-corrected chi connectivity index (χ4v) is 2.15. The Morgan fingerprint density at radius 3 is 2.64 bits per heavy atom. The van der Waals surface area contributed by atoms with Crippen LogP contribution in [0.25, 0.3) is 0 Å². The van der Waals surface area contributed by atoms with Crippen molar-refractivity contribution < 1.29 is 4.79 Å². The molecule has 1 N–H and O–H groups in total. The number of rotatable bonds is 1. The number of amides is 1. The lowest BCUT2D eigenvalue weighted by Crippen LogP contribution is -2.15. The number of hydrogen-bond acceptors (Lipinski definition) is 2. The first-order chi connectivity index (χ1) is 6.77. The van der Waals surface area contributed by atoms with Crippen LogP contribution in [0.15, 0.2) is 16.8 Å². The van der Waals surface area contributed by atoms with Crippen LogP contribution in [0.4, 0.5) is 0 Å². The highest BCUT2D eigenvalue weighted by atomic mass is 16.2. The lowest BCUT2D eigenvalue weighted by atomic mass is 9.87. The van der Waals surface area contributed by atoms with Gasteiger partial charge in [-0.3, -0.25) is 4.79 Å². The van der Waals surface area contributed by atoms with Crippen molar-refractivity contribution in [3.8, 4) is 0 Å². The van der Waals surface area contributed by atoms with Crippen molar-refractivity contribution >= 4 is 11.6 Å². The van der Waals surface area contributed by atoms with Gasteiger partial charge in [0.15, 0.2) is 0 Å². The van der Waals surface area contributed by atoms with Gasteiger partial charge >= 0.3 is 0 Å². The van der Waals surface area contributed by atoms with Crippen molar-refractivity contribution in [3.63, 3.8) is 0 Å². The molecule has 0 radical (unpaired) electrons. The molecule has 1 saturated carbocycles. The molecule has 1 heterocycles. The molecule has 0 spiro atoms. The fourth-order valence-electron chi connectivity index (χ4n) is 2.15. The van der Waals surface area contributed by atoms with Crippen molar-refractivity contribution in [2.45, 2.75) is 39.0 Å². The average Bonchev–Trinajstić information content (AvgIpc) is 2.51. The molecule has 3 heteroatoms. The third-order valence-corrected chi connectivity index (χ3v) is 3.01. The van der Waals surface area contributed by atoms with Gasteiger partial charge in [-0.05, 0) is 25.7 Å². The van der Waals surface area contributed by atoms with Gasteiger partial charge in [0.25, 0.3) is 5.91 Å². The molecular formula is C11H16N2O. The minimum atomic E-state index is -0.0342. The second-order valence-corrected chi connectivity index (χ2v) is 4.12. The van der Waals surface area contributed by atoms with Gasteiger partial charge in [-0.1, -0.05) is 25.3 Å². The normalized spacial score (nSPS) is 26.5. The van der Waals surface area contributed by atoms with E-state index in [1.807, 2.05) is 6.92 Å². The minimum Gasteiger partial charge on any atom is -0.267 e. The van der Waals surface area contributed by atoms with Gasteiger partial charge in [0.05, 0.1) is 11.3 Å². The number of allylic oxidation sites excluding steroid dienone is 1. The van der Waals surface area contributed by atoms with Crippen LogP contribution < -0.4 is 5.43 Å². The highest BCUT2D eigenvalue weighted by Gasteiger charge is 2.21. The topological polar surface area (TPSA) is 41.5 Å². The molecule has 2 rings (SSSR count). The van der Waals surface area contributed by atoms with Crippen LogP contribution in [0.5, 0.6) is 0 Å². The van der Waals surface area contributed by atoms with E-state index in [4.69, 9.17) is 0 Å². The molecule has 0 bridgehead atoms. The van der Waals surface area contributed by atoms with E-state index < -0.39 is 0 Å². The van der Waals surface area contributed by atoms with Gasteiger partial charge in [0, 0.05) is 0 Å². The number of hydrogen-bond donors (Lipinski definition) is 1. The number of nitrogens with zero attached hydrogens (tertiary/aromatic N) is 1. The molecule has 1 aliphatic carbocycles. The summed E-state index contributed by atoms with van der Waals surface area (Å²) < 4.78 is 0. The summed E-state index contributed by atoms with van der Waals surface area (Å²) in [4.78, 5) is 11.4. The van der Waals surface area contributed by atoms with E-state index in [0.29, 0.717) is 5.92 Å². The van der Waals surface area contributed by atoms with Gasteiger partial charge in [-0.25, -0.2) is 5.43 Å². The lowest BCUT2D eigenvalue weighted by molar-refractivity contribution is -0.116. The van der Waals surface area contributed by atoms with Crippen molar-refractivity contribution in [2.24, 2.45) is 11.0 Å². The summed E-state index contributed by atoms with van der Waals surface area (Å²) in [6.45, 7) is 1.88. The maximum Gasteiger partial charge on any atom is 0.272 e. The van der Waals surface area contributed by atoms with Crippen LogP contribution >= 0.6 is 0 Å². The van der Waals surface area contributed by atoms with Crippen molar-refractivity contribution in [3.05, 3.63) is 11.6 Å². The summed E-state index contributed by atoms with van der Waals surface area (Å²) in [5, 5.41) is 3.91. The maximum absolute atomic E-state index is 11.4. The number of carbonyl (C=O) groups excluding carboxylic acids is 1. The quantitative estimate of drug-likeness (QED) is 0.634. The molecule has 0 saturated heterocycles. The Balaban J connectivity index is 2.08. The van der Waals surface area contributed by atoms with E-state index in [-0.39, 0.29) is 5.91 Å². The Hall–Kier alpha value is -1.12. The number of hydrazone groups is 1. The molecule has 76 valence electrons. The SMILES string of the molecule is CC1=NNC(=O)/C1=C\C1CCCCC1. The maximum atomic E-state index is 11.4. The third-order valence-electron chi connectivity index (χ3n) is 3.01. The Bertz CT molecular complexity index is 298. The highest BCUT2D eigenvalue weighted by Crippen LogP contribution is 2.26. The highest BCUT2D eigenvalue weighted by molar-refractivity contribution is 6.23. The predicted octanol–water partition coefficient (Wildman–Crippen LogP) is 2.00. The summed E-state index contributed by atoms with van der Waals surface area (Å²) in [5.74, 6) is 0.556. The van der Waals surface area contributed by atoms with Crippen LogP contribution in [-0.2, 0) is 4.79 Å². The van der Waals surface area contributed by atoms with E-state index in [0.717, 1.165) is 11.3 Å². The fraction of sp³-hybridized carbons (Fsp3) is 0.636. The Morgan fingerprint density at radius 2 is 2.07 bits per heavy atom. The van der Waals surface area contributed by atoms with Crippen LogP contribution in [0.3, 0.4) is 0 Å². The van der Waals surface area contributed by atoms with Crippen molar-refractivity contribution in [2.75, 3.05) is 0 Å².